The molecule has 0 saturated heterocycles. The number of hydrogen-bond donors (Lipinski definition) is 2. The Balaban J connectivity index is 1.71. The second-order valence-corrected chi connectivity index (χ2v) is 5.74. The van der Waals surface area contributed by atoms with E-state index in [1.807, 2.05) is 30.3 Å². The fraction of sp³-hybridized carbons (Fsp3) is 0.278. The van der Waals surface area contributed by atoms with Crippen LogP contribution in [0.4, 0.5) is 0 Å². The minimum atomic E-state index is -0.592. The minimum absolute atomic E-state index is 0.131. The molecule has 1 fully saturated rings. The Labute approximate surface area is 135 Å². The van der Waals surface area contributed by atoms with Gasteiger partial charge >= 0.3 is 0 Å². The lowest BCUT2D eigenvalue weighted by atomic mass is 10.0. The number of hydrogen-bond acceptors (Lipinski definition) is 3. The monoisotopic (exact) mass is 309 g/mol. The van der Waals surface area contributed by atoms with Crippen molar-refractivity contribution in [3.8, 4) is 0 Å². The van der Waals surface area contributed by atoms with E-state index >= 15 is 0 Å². The fourth-order valence-electron chi connectivity index (χ4n) is 2.33. The van der Waals surface area contributed by atoms with Crippen molar-refractivity contribution in [2.24, 2.45) is 0 Å². The largest absolute Gasteiger partial charge is 0.352 e. The molecule has 1 atom stereocenters. The molecule has 1 saturated carbocycles. The summed E-state index contributed by atoms with van der Waals surface area (Å²) in [6.45, 7) is 0. The lowest BCUT2D eigenvalue weighted by Gasteiger charge is -2.18. The van der Waals surface area contributed by atoms with Crippen molar-refractivity contribution in [2.45, 2.75) is 31.3 Å². The Morgan fingerprint density at radius 1 is 1.13 bits per heavy atom. The molecule has 0 radical (unpaired) electrons. The van der Waals surface area contributed by atoms with Crippen LogP contribution in [0.25, 0.3) is 0 Å². The number of nitrogens with zero attached hydrogens (tertiary/aromatic N) is 1. The standard InChI is InChI=1S/C18H19N3O2/c22-17(14-7-4-10-19-12-14)21-16(18(23)20-15-8-9-15)11-13-5-2-1-3-6-13/h1-7,10,12,15-16H,8-9,11H2,(H,20,23)(H,21,22). The maximum absolute atomic E-state index is 12.4. The quantitative estimate of drug-likeness (QED) is 0.853. The Kier molecular flexibility index (Phi) is 4.66. The highest BCUT2D eigenvalue weighted by atomic mass is 16.2. The lowest BCUT2D eigenvalue weighted by Crippen LogP contribution is -2.48. The smallest absolute Gasteiger partial charge is 0.253 e. The predicted octanol–water partition coefficient (Wildman–Crippen LogP) is 1.70. The molecule has 1 aliphatic carbocycles. The summed E-state index contributed by atoms with van der Waals surface area (Å²) >= 11 is 0. The summed E-state index contributed by atoms with van der Waals surface area (Å²) in [5.74, 6) is -0.418. The number of amides is 2. The van der Waals surface area contributed by atoms with Gasteiger partial charge in [-0.25, -0.2) is 0 Å². The molecule has 0 aliphatic heterocycles. The van der Waals surface area contributed by atoms with Gasteiger partial charge < -0.3 is 10.6 Å². The van der Waals surface area contributed by atoms with Gasteiger partial charge in [-0.3, -0.25) is 14.6 Å². The number of aromatic nitrogens is 1. The number of rotatable bonds is 6. The predicted molar refractivity (Wildman–Crippen MR) is 86.8 cm³/mol. The van der Waals surface area contributed by atoms with Crippen LogP contribution in [-0.2, 0) is 11.2 Å². The van der Waals surface area contributed by atoms with Crippen LogP contribution in [0.2, 0.25) is 0 Å². The minimum Gasteiger partial charge on any atom is -0.352 e. The van der Waals surface area contributed by atoms with E-state index in [2.05, 4.69) is 15.6 Å². The highest BCUT2D eigenvalue weighted by Crippen LogP contribution is 2.19. The SMILES string of the molecule is O=C(NC(Cc1ccccc1)C(=O)NC1CC1)c1cccnc1. The Morgan fingerprint density at radius 2 is 1.91 bits per heavy atom. The molecule has 2 N–H and O–H groups in total. The van der Waals surface area contributed by atoms with E-state index in [1.54, 1.807) is 18.3 Å². The third-order valence-electron chi connectivity index (χ3n) is 3.75. The van der Waals surface area contributed by atoms with Crippen LogP contribution in [0, 0.1) is 0 Å². The zero-order valence-corrected chi connectivity index (χ0v) is 12.7. The summed E-state index contributed by atoms with van der Waals surface area (Å²) in [4.78, 5) is 28.7. The number of pyridine rings is 1. The third-order valence-corrected chi connectivity index (χ3v) is 3.75. The first-order chi connectivity index (χ1) is 11.2. The van der Waals surface area contributed by atoms with Crippen molar-refractivity contribution in [1.82, 2.24) is 15.6 Å². The summed E-state index contributed by atoms with van der Waals surface area (Å²) in [6, 6.07) is 12.7. The van der Waals surface area contributed by atoms with E-state index in [1.165, 1.54) is 6.20 Å². The van der Waals surface area contributed by atoms with E-state index in [0.29, 0.717) is 12.0 Å². The maximum Gasteiger partial charge on any atom is 0.253 e. The van der Waals surface area contributed by atoms with Gasteiger partial charge in [0.1, 0.15) is 6.04 Å². The van der Waals surface area contributed by atoms with Gasteiger partial charge in [0.25, 0.3) is 5.91 Å². The van der Waals surface area contributed by atoms with Crippen LogP contribution in [0.1, 0.15) is 28.8 Å². The molecule has 2 amide bonds. The van der Waals surface area contributed by atoms with Gasteiger partial charge in [0, 0.05) is 24.9 Å². The van der Waals surface area contributed by atoms with Gasteiger partial charge in [-0.15, -0.1) is 0 Å². The Hall–Kier alpha value is -2.69. The summed E-state index contributed by atoms with van der Waals surface area (Å²) < 4.78 is 0. The average molecular weight is 309 g/mol. The molecule has 3 rings (SSSR count). The molecular weight excluding hydrogens is 290 g/mol. The molecule has 5 heteroatoms. The normalized spacial score (nSPS) is 14.8. The summed E-state index contributed by atoms with van der Waals surface area (Å²) in [5, 5.41) is 5.79. The van der Waals surface area contributed by atoms with Crippen molar-refractivity contribution in [2.75, 3.05) is 0 Å². The van der Waals surface area contributed by atoms with E-state index in [0.717, 1.165) is 18.4 Å². The molecule has 5 nitrogen and oxygen atoms in total. The number of carbonyl (C=O) groups excluding carboxylic acids is 2. The summed E-state index contributed by atoms with van der Waals surface area (Å²) in [7, 11) is 0. The second kappa shape index (κ2) is 7.05. The zero-order chi connectivity index (χ0) is 16.1. The van der Waals surface area contributed by atoms with Crippen molar-refractivity contribution in [1.29, 1.82) is 0 Å². The van der Waals surface area contributed by atoms with E-state index in [-0.39, 0.29) is 17.9 Å². The highest BCUT2D eigenvalue weighted by molar-refractivity contribution is 5.97. The van der Waals surface area contributed by atoms with Crippen LogP contribution >= 0.6 is 0 Å². The van der Waals surface area contributed by atoms with Gasteiger partial charge in [0.05, 0.1) is 5.56 Å². The van der Waals surface area contributed by atoms with Crippen molar-refractivity contribution < 1.29 is 9.59 Å². The molecule has 0 spiro atoms. The van der Waals surface area contributed by atoms with Gasteiger partial charge in [-0.2, -0.15) is 0 Å². The summed E-state index contributed by atoms with van der Waals surface area (Å²) in [6.07, 6.45) is 5.60. The Bertz CT molecular complexity index is 669. The number of nitrogens with one attached hydrogen (secondary N) is 2. The van der Waals surface area contributed by atoms with Crippen LogP contribution < -0.4 is 10.6 Å². The van der Waals surface area contributed by atoms with Crippen molar-refractivity contribution in [3.05, 3.63) is 66.0 Å². The molecule has 1 unspecified atom stereocenters. The van der Waals surface area contributed by atoms with Crippen LogP contribution in [0.5, 0.6) is 0 Å². The zero-order valence-electron chi connectivity index (χ0n) is 12.7. The number of carbonyl (C=O) groups is 2. The van der Waals surface area contributed by atoms with E-state index in [9.17, 15) is 9.59 Å². The first-order valence-corrected chi connectivity index (χ1v) is 7.77. The molecule has 0 bridgehead atoms. The van der Waals surface area contributed by atoms with Gasteiger partial charge in [-0.05, 0) is 30.5 Å². The average Bonchev–Trinajstić information content (AvgIpc) is 3.40. The first-order valence-electron chi connectivity index (χ1n) is 7.77. The van der Waals surface area contributed by atoms with Crippen molar-refractivity contribution >= 4 is 11.8 Å². The molecule has 2 aromatic rings. The van der Waals surface area contributed by atoms with Gasteiger partial charge in [0.2, 0.25) is 5.91 Å². The molecular formula is C18H19N3O2. The Morgan fingerprint density at radius 3 is 2.57 bits per heavy atom. The first kappa shape index (κ1) is 15.2. The fourth-order valence-corrected chi connectivity index (χ4v) is 2.33. The topological polar surface area (TPSA) is 71.1 Å². The van der Waals surface area contributed by atoms with Gasteiger partial charge in [-0.1, -0.05) is 30.3 Å². The highest BCUT2D eigenvalue weighted by Gasteiger charge is 2.28. The van der Waals surface area contributed by atoms with Gasteiger partial charge in [0.15, 0.2) is 0 Å². The number of benzene rings is 1. The second-order valence-electron chi connectivity index (χ2n) is 5.74. The maximum atomic E-state index is 12.4. The molecule has 1 heterocycles. The molecule has 1 aromatic carbocycles. The molecule has 1 aliphatic rings. The molecule has 23 heavy (non-hydrogen) atoms. The summed E-state index contributed by atoms with van der Waals surface area (Å²) in [5.41, 5.74) is 1.46. The van der Waals surface area contributed by atoms with Crippen LogP contribution in [0.3, 0.4) is 0 Å². The van der Waals surface area contributed by atoms with E-state index < -0.39 is 6.04 Å². The molecule has 118 valence electrons. The van der Waals surface area contributed by atoms with E-state index in [4.69, 9.17) is 0 Å². The third kappa shape index (κ3) is 4.39. The lowest BCUT2D eigenvalue weighted by molar-refractivity contribution is -0.123. The van der Waals surface area contributed by atoms with Crippen molar-refractivity contribution in [3.63, 3.8) is 0 Å². The van der Waals surface area contributed by atoms with Crippen LogP contribution in [0.15, 0.2) is 54.9 Å². The molecule has 1 aromatic heterocycles. The van der Waals surface area contributed by atoms with Crippen LogP contribution in [-0.4, -0.2) is 28.9 Å².